The van der Waals surface area contributed by atoms with Crippen LogP contribution >= 0.6 is 11.8 Å². The van der Waals surface area contributed by atoms with Gasteiger partial charge in [-0.1, -0.05) is 26.0 Å². The van der Waals surface area contributed by atoms with Crippen molar-refractivity contribution in [3.63, 3.8) is 0 Å². The van der Waals surface area contributed by atoms with E-state index in [0.717, 1.165) is 23.2 Å². The molecule has 0 fully saturated rings. The Morgan fingerprint density at radius 1 is 1.23 bits per heavy atom. The SMILES string of the molecule is CCC(C)Sc1ccc(NC(=O)c2ccc(-c3cnco3)cc2)c(C)c1. The Morgan fingerprint density at radius 2 is 2.00 bits per heavy atom. The monoisotopic (exact) mass is 366 g/mol. The molecule has 1 unspecified atom stereocenters. The minimum Gasteiger partial charge on any atom is -0.444 e. The molecule has 134 valence electrons. The Morgan fingerprint density at radius 3 is 2.62 bits per heavy atom. The van der Waals surface area contributed by atoms with E-state index in [-0.39, 0.29) is 5.91 Å². The summed E-state index contributed by atoms with van der Waals surface area (Å²) in [5, 5.41) is 3.57. The first-order valence-corrected chi connectivity index (χ1v) is 9.52. The maximum absolute atomic E-state index is 12.5. The van der Waals surface area contributed by atoms with Gasteiger partial charge in [0.15, 0.2) is 12.2 Å². The van der Waals surface area contributed by atoms with Crippen molar-refractivity contribution in [2.45, 2.75) is 37.3 Å². The highest BCUT2D eigenvalue weighted by molar-refractivity contribution is 7.99. The minimum absolute atomic E-state index is 0.125. The van der Waals surface area contributed by atoms with Crippen LogP contribution in [0.5, 0.6) is 0 Å². The lowest BCUT2D eigenvalue weighted by Gasteiger charge is -2.12. The molecule has 1 aromatic heterocycles. The average molecular weight is 366 g/mol. The molecule has 3 rings (SSSR count). The largest absolute Gasteiger partial charge is 0.444 e. The number of rotatable bonds is 6. The van der Waals surface area contributed by atoms with Gasteiger partial charge in [0.2, 0.25) is 0 Å². The van der Waals surface area contributed by atoms with Crippen LogP contribution in [0.2, 0.25) is 0 Å². The van der Waals surface area contributed by atoms with Gasteiger partial charge in [0.1, 0.15) is 0 Å². The third kappa shape index (κ3) is 4.35. The number of benzene rings is 2. The maximum atomic E-state index is 12.5. The number of nitrogens with one attached hydrogen (secondary N) is 1. The van der Waals surface area contributed by atoms with E-state index in [2.05, 4.69) is 36.3 Å². The lowest BCUT2D eigenvalue weighted by atomic mass is 10.1. The van der Waals surface area contributed by atoms with Crippen molar-refractivity contribution in [1.82, 2.24) is 4.98 Å². The van der Waals surface area contributed by atoms with Gasteiger partial charge in [-0.3, -0.25) is 4.79 Å². The van der Waals surface area contributed by atoms with Crippen molar-refractivity contribution in [1.29, 1.82) is 0 Å². The first-order valence-electron chi connectivity index (χ1n) is 8.64. The number of carbonyl (C=O) groups excluding carboxylic acids is 1. The molecule has 0 radical (unpaired) electrons. The first-order chi connectivity index (χ1) is 12.6. The molecule has 0 bridgehead atoms. The van der Waals surface area contributed by atoms with Crippen molar-refractivity contribution in [2.75, 3.05) is 5.32 Å². The van der Waals surface area contributed by atoms with Gasteiger partial charge in [-0.15, -0.1) is 11.8 Å². The number of amides is 1. The van der Waals surface area contributed by atoms with Crippen molar-refractivity contribution >= 4 is 23.4 Å². The summed E-state index contributed by atoms with van der Waals surface area (Å²) in [6.45, 7) is 6.42. The zero-order valence-corrected chi connectivity index (χ0v) is 16.0. The second kappa shape index (κ2) is 8.23. The fourth-order valence-electron chi connectivity index (χ4n) is 2.50. The normalized spacial score (nSPS) is 12.0. The topological polar surface area (TPSA) is 55.1 Å². The molecule has 3 aromatic rings. The third-order valence-electron chi connectivity index (χ3n) is 4.22. The molecular formula is C21H22N2O2S. The Kier molecular flexibility index (Phi) is 5.78. The van der Waals surface area contributed by atoms with E-state index in [1.54, 1.807) is 18.3 Å². The van der Waals surface area contributed by atoms with Crippen LogP contribution in [0.1, 0.15) is 36.2 Å². The number of nitrogens with zero attached hydrogens (tertiary/aromatic N) is 1. The summed E-state index contributed by atoms with van der Waals surface area (Å²) < 4.78 is 5.26. The molecule has 1 N–H and O–H groups in total. The van der Waals surface area contributed by atoms with Gasteiger partial charge >= 0.3 is 0 Å². The van der Waals surface area contributed by atoms with Gasteiger partial charge in [0.25, 0.3) is 5.91 Å². The highest BCUT2D eigenvalue weighted by atomic mass is 32.2. The average Bonchev–Trinajstić information content (AvgIpc) is 3.18. The summed E-state index contributed by atoms with van der Waals surface area (Å²) in [6.07, 6.45) is 4.17. The second-order valence-electron chi connectivity index (χ2n) is 6.21. The quantitative estimate of drug-likeness (QED) is 0.561. The summed E-state index contributed by atoms with van der Waals surface area (Å²) in [6, 6.07) is 13.4. The molecule has 4 nitrogen and oxygen atoms in total. The molecule has 0 aliphatic heterocycles. The molecule has 1 amide bonds. The lowest BCUT2D eigenvalue weighted by Crippen LogP contribution is -2.12. The number of anilines is 1. The number of oxazole rings is 1. The second-order valence-corrected chi connectivity index (χ2v) is 7.72. The van der Waals surface area contributed by atoms with E-state index in [4.69, 9.17) is 4.42 Å². The Labute approximate surface area is 158 Å². The molecule has 5 heteroatoms. The van der Waals surface area contributed by atoms with Crippen molar-refractivity contribution in [2.24, 2.45) is 0 Å². The fraction of sp³-hybridized carbons (Fsp3) is 0.238. The first kappa shape index (κ1) is 18.3. The zero-order chi connectivity index (χ0) is 18.5. The lowest BCUT2D eigenvalue weighted by molar-refractivity contribution is 0.102. The van der Waals surface area contributed by atoms with Crippen LogP contribution in [-0.4, -0.2) is 16.1 Å². The summed E-state index contributed by atoms with van der Waals surface area (Å²) in [7, 11) is 0. The van der Waals surface area contributed by atoms with Crippen LogP contribution in [0.3, 0.4) is 0 Å². The third-order valence-corrected chi connectivity index (χ3v) is 5.48. The number of carbonyl (C=O) groups is 1. The van der Waals surface area contributed by atoms with E-state index in [1.165, 1.54) is 11.3 Å². The van der Waals surface area contributed by atoms with Gasteiger partial charge in [-0.2, -0.15) is 0 Å². The van der Waals surface area contributed by atoms with E-state index in [9.17, 15) is 4.79 Å². The number of aryl methyl sites for hydroxylation is 1. The Balaban J connectivity index is 1.69. The van der Waals surface area contributed by atoms with E-state index >= 15 is 0 Å². The van der Waals surface area contributed by atoms with Gasteiger partial charge in [-0.25, -0.2) is 4.98 Å². The molecule has 1 heterocycles. The van der Waals surface area contributed by atoms with Crippen LogP contribution in [0.25, 0.3) is 11.3 Å². The number of thioether (sulfide) groups is 1. The summed E-state index contributed by atoms with van der Waals surface area (Å²) in [5.41, 5.74) is 3.39. The van der Waals surface area contributed by atoms with Gasteiger partial charge in [-0.05, 0) is 49.2 Å². The molecule has 0 spiro atoms. The van der Waals surface area contributed by atoms with Crippen LogP contribution in [-0.2, 0) is 0 Å². The molecule has 2 aromatic carbocycles. The van der Waals surface area contributed by atoms with E-state index < -0.39 is 0 Å². The van der Waals surface area contributed by atoms with Crippen LogP contribution < -0.4 is 5.32 Å². The maximum Gasteiger partial charge on any atom is 0.255 e. The molecule has 0 aliphatic carbocycles. The molecular weight excluding hydrogens is 344 g/mol. The number of aromatic nitrogens is 1. The van der Waals surface area contributed by atoms with Crippen LogP contribution in [0, 0.1) is 6.92 Å². The number of hydrogen-bond acceptors (Lipinski definition) is 4. The summed E-state index contributed by atoms with van der Waals surface area (Å²) in [4.78, 5) is 17.7. The highest BCUT2D eigenvalue weighted by Crippen LogP contribution is 2.28. The number of hydrogen-bond donors (Lipinski definition) is 1. The van der Waals surface area contributed by atoms with Gasteiger partial charge < -0.3 is 9.73 Å². The zero-order valence-electron chi connectivity index (χ0n) is 15.2. The predicted octanol–water partition coefficient (Wildman–Crippen LogP) is 5.79. The summed E-state index contributed by atoms with van der Waals surface area (Å²) in [5.74, 6) is 0.557. The molecule has 1 atom stereocenters. The predicted molar refractivity (Wildman–Crippen MR) is 107 cm³/mol. The van der Waals surface area contributed by atoms with Crippen LogP contribution in [0.4, 0.5) is 5.69 Å². The smallest absolute Gasteiger partial charge is 0.255 e. The van der Waals surface area contributed by atoms with Gasteiger partial charge in [0, 0.05) is 27.0 Å². The molecule has 26 heavy (non-hydrogen) atoms. The Bertz CT molecular complexity index is 874. The minimum atomic E-state index is -0.125. The van der Waals surface area contributed by atoms with E-state index in [1.807, 2.05) is 36.9 Å². The molecule has 0 saturated heterocycles. The van der Waals surface area contributed by atoms with Crippen molar-refractivity contribution < 1.29 is 9.21 Å². The summed E-state index contributed by atoms with van der Waals surface area (Å²) >= 11 is 1.86. The fourth-order valence-corrected chi connectivity index (χ4v) is 3.53. The molecule has 0 aliphatic rings. The van der Waals surface area contributed by atoms with Crippen LogP contribution in [0.15, 0.2) is 64.4 Å². The van der Waals surface area contributed by atoms with Gasteiger partial charge in [0.05, 0.1) is 6.20 Å². The molecule has 0 saturated carbocycles. The highest BCUT2D eigenvalue weighted by Gasteiger charge is 2.10. The van der Waals surface area contributed by atoms with E-state index in [0.29, 0.717) is 16.6 Å². The standard InChI is InChI=1S/C21H22N2O2S/c1-4-15(3)26-18-9-10-19(14(2)11-18)23-21(24)17-7-5-16(6-8-17)20-12-22-13-25-20/h5-13,15H,4H2,1-3H3,(H,23,24). The van der Waals surface area contributed by atoms with Crippen molar-refractivity contribution in [3.8, 4) is 11.3 Å². The Hall–Kier alpha value is -2.53. The van der Waals surface area contributed by atoms with Crippen molar-refractivity contribution in [3.05, 3.63) is 66.2 Å².